The van der Waals surface area contributed by atoms with Gasteiger partial charge in [-0.1, -0.05) is 18.2 Å². The molecular weight excluding hydrogens is 306 g/mol. The van der Waals surface area contributed by atoms with Crippen molar-refractivity contribution in [3.05, 3.63) is 53.7 Å². The van der Waals surface area contributed by atoms with E-state index in [-0.39, 0.29) is 11.9 Å². The smallest absolute Gasteiger partial charge is 0.253 e. The second-order valence-corrected chi connectivity index (χ2v) is 5.74. The van der Waals surface area contributed by atoms with Crippen molar-refractivity contribution in [1.29, 1.82) is 0 Å². The van der Waals surface area contributed by atoms with Gasteiger partial charge >= 0.3 is 0 Å². The minimum absolute atomic E-state index is 0.146. The van der Waals surface area contributed by atoms with Crippen molar-refractivity contribution in [2.45, 2.75) is 13.0 Å². The molecule has 0 spiro atoms. The molecule has 1 unspecified atom stereocenters. The minimum Gasteiger partial charge on any atom is -0.486 e. The van der Waals surface area contributed by atoms with Gasteiger partial charge in [-0.15, -0.1) is 0 Å². The average Bonchev–Trinajstić information content (AvgIpc) is 3.09. The number of carbonyl (C=O) groups is 1. The largest absolute Gasteiger partial charge is 0.486 e. The Labute approximate surface area is 138 Å². The fourth-order valence-electron chi connectivity index (χ4n) is 2.85. The van der Waals surface area contributed by atoms with E-state index in [9.17, 15) is 4.79 Å². The third-order valence-corrected chi connectivity index (χ3v) is 4.14. The van der Waals surface area contributed by atoms with Gasteiger partial charge in [-0.3, -0.25) is 9.89 Å². The number of nitrogens with one attached hydrogen (secondary N) is 2. The summed E-state index contributed by atoms with van der Waals surface area (Å²) in [7, 11) is 0. The lowest BCUT2D eigenvalue weighted by atomic mass is 10.1. The molecule has 1 aliphatic heterocycles. The molecule has 1 aliphatic rings. The predicted octanol–water partition coefficient (Wildman–Crippen LogP) is 2.83. The summed E-state index contributed by atoms with van der Waals surface area (Å²) in [5.74, 6) is 1.31. The molecule has 4 rings (SSSR count). The summed E-state index contributed by atoms with van der Waals surface area (Å²) in [6, 6.07) is 11.1. The summed E-state index contributed by atoms with van der Waals surface area (Å²) in [6.07, 6.45) is 1.70. The maximum atomic E-state index is 12.6. The van der Waals surface area contributed by atoms with Crippen LogP contribution in [0.15, 0.2) is 42.6 Å². The van der Waals surface area contributed by atoms with E-state index in [1.165, 1.54) is 0 Å². The summed E-state index contributed by atoms with van der Waals surface area (Å²) >= 11 is 0. The Hall–Kier alpha value is -3.02. The van der Waals surface area contributed by atoms with Crippen LogP contribution in [0.4, 0.5) is 0 Å². The minimum atomic E-state index is -0.161. The molecule has 0 fully saturated rings. The van der Waals surface area contributed by atoms with Crippen LogP contribution in [-0.2, 0) is 0 Å². The zero-order chi connectivity index (χ0) is 16.5. The zero-order valence-electron chi connectivity index (χ0n) is 13.2. The first-order chi connectivity index (χ1) is 11.7. The molecule has 1 aromatic heterocycles. The average molecular weight is 323 g/mol. The molecule has 1 amide bonds. The lowest BCUT2D eigenvalue weighted by Gasteiger charge is -2.21. The molecule has 0 aliphatic carbocycles. The highest BCUT2D eigenvalue weighted by Crippen LogP contribution is 2.32. The number of para-hydroxylation sites is 1. The molecule has 2 aromatic carbocycles. The van der Waals surface area contributed by atoms with Gasteiger partial charge in [0.2, 0.25) is 0 Å². The Bertz CT molecular complexity index is 903. The first-order valence-electron chi connectivity index (χ1n) is 7.85. The number of hydrogen-bond donors (Lipinski definition) is 2. The van der Waals surface area contributed by atoms with Crippen LogP contribution in [0.5, 0.6) is 11.5 Å². The summed E-state index contributed by atoms with van der Waals surface area (Å²) in [5, 5.41) is 10.8. The summed E-state index contributed by atoms with van der Waals surface area (Å²) in [4.78, 5) is 12.6. The standard InChI is InChI=1S/C18H17N3O3/c1-11(12-5-6-15-16(9-12)24-8-7-23-15)20-18(22)14-4-2-3-13-10-19-21-17(13)14/h2-6,9-11H,7-8H2,1H3,(H,19,21)(H,20,22). The molecule has 2 N–H and O–H groups in total. The van der Waals surface area contributed by atoms with Gasteiger partial charge in [0.15, 0.2) is 11.5 Å². The van der Waals surface area contributed by atoms with E-state index < -0.39 is 0 Å². The third-order valence-electron chi connectivity index (χ3n) is 4.14. The normalized spacial score (nSPS) is 14.4. The number of rotatable bonds is 3. The predicted molar refractivity (Wildman–Crippen MR) is 89.4 cm³/mol. The Morgan fingerprint density at radius 1 is 1.21 bits per heavy atom. The number of benzene rings is 2. The second-order valence-electron chi connectivity index (χ2n) is 5.74. The van der Waals surface area contributed by atoms with Gasteiger partial charge in [-0.2, -0.15) is 5.10 Å². The summed E-state index contributed by atoms with van der Waals surface area (Å²) in [6.45, 7) is 3.04. The van der Waals surface area contributed by atoms with Crippen LogP contribution >= 0.6 is 0 Å². The highest BCUT2D eigenvalue weighted by molar-refractivity contribution is 6.05. The molecule has 122 valence electrons. The summed E-state index contributed by atoms with van der Waals surface area (Å²) < 4.78 is 11.1. The number of nitrogens with zero attached hydrogens (tertiary/aromatic N) is 1. The van der Waals surface area contributed by atoms with E-state index in [2.05, 4.69) is 15.5 Å². The first-order valence-corrected chi connectivity index (χ1v) is 7.85. The number of hydrogen-bond acceptors (Lipinski definition) is 4. The van der Waals surface area contributed by atoms with Crippen molar-refractivity contribution in [1.82, 2.24) is 15.5 Å². The zero-order valence-corrected chi connectivity index (χ0v) is 13.2. The summed E-state index contributed by atoms with van der Waals surface area (Å²) in [5.41, 5.74) is 2.28. The molecular formula is C18H17N3O3. The van der Waals surface area contributed by atoms with Crippen molar-refractivity contribution >= 4 is 16.8 Å². The lowest BCUT2D eigenvalue weighted by Crippen LogP contribution is -2.27. The van der Waals surface area contributed by atoms with E-state index >= 15 is 0 Å². The molecule has 0 bridgehead atoms. The topological polar surface area (TPSA) is 76.2 Å². The quantitative estimate of drug-likeness (QED) is 0.777. The van der Waals surface area contributed by atoms with Gasteiger partial charge in [-0.05, 0) is 30.7 Å². The number of ether oxygens (including phenoxy) is 2. The highest BCUT2D eigenvalue weighted by Gasteiger charge is 2.17. The van der Waals surface area contributed by atoms with Crippen LogP contribution in [0.2, 0.25) is 0 Å². The van der Waals surface area contributed by atoms with Crippen molar-refractivity contribution in [2.75, 3.05) is 13.2 Å². The SMILES string of the molecule is CC(NC(=O)c1cccc2cn[nH]c12)c1ccc2c(c1)OCCO2. The monoisotopic (exact) mass is 323 g/mol. The fourth-order valence-corrected chi connectivity index (χ4v) is 2.85. The number of H-pyrrole nitrogens is 1. The van der Waals surface area contributed by atoms with E-state index in [0.29, 0.717) is 18.8 Å². The highest BCUT2D eigenvalue weighted by atomic mass is 16.6. The van der Waals surface area contributed by atoms with Crippen LogP contribution in [0, 0.1) is 0 Å². The van der Waals surface area contributed by atoms with Crippen LogP contribution in [-0.4, -0.2) is 29.3 Å². The number of carbonyl (C=O) groups excluding carboxylic acids is 1. The first kappa shape index (κ1) is 14.6. The van der Waals surface area contributed by atoms with Gasteiger partial charge in [0.05, 0.1) is 23.3 Å². The molecule has 6 nitrogen and oxygen atoms in total. The fraction of sp³-hybridized carbons (Fsp3) is 0.222. The number of aromatic amines is 1. The molecule has 1 atom stereocenters. The maximum Gasteiger partial charge on any atom is 0.253 e. The van der Waals surface area contributed by atoms with E-state index in [0.717, 1.165) is 28.0 Å². The van der Waals surface area contributed by atoms with Gasteiger partial charge < -0.3 is 14.8 Å². The van der Waals surface area contributed by atoms with Gasteiger partial charge in [0.1, 0.15) is 13.2 Å². The van der Waals surface area contributed by atoms with Crippen LogP contribution in [0.1, 0.15) is 28.9 Å². The van der Waals surface area contributed by atoms with Crippen molar-refractivity contribution in [3.63, 3.8) is 0 Å². The molecule has 0 saturated carbocycles. The lowest BCUT2D eigenvalue weighted by molar-refractivity contribution is 0.0941. The van der Waals surface area contributed by atoms with Gasteiger partial charge in [0, 0.05) is 5.39 Å². The van der Waals surface area contributed by atoms with E-state index in [4.69, 9.17) is 9.47 Å². The van der Waals surface area contributed by atoms with E-state index in [1.54, 1.807) is 12.3 Å². The van der Waals surface area contributed by atoms with Crippen LogP contribution in [0.3, 0.4) is 0 Å². The molecule has 24 heavy (non-hydrogen) atoms. The Morgan fingerprint density at radius 2 is 2.04 bits per heavy atom. The van der Waals surface area contributed by atoms with Gasteiger partial charge in [-0.25, -0.2) is 0 Å². The van der Waals surface area contributed by atoms with Crippen molar-refractivity contribution < 1.29 is 14.3 Å². The molecule has 6 heteroatoms. The Kier molecular flexibility index (Phi) is 3.57. The number of aromatic nitrogens is 2. The van der Waals surface area contributed by atoms with E-state index in [1.807, 2.05) is 37.3 Å². The molecule has 0 radical (unpaired) electrons. The molecule has 0 saturated heterocycles. The molecule has 3 aromatic rings. The Morgan fingerprint density at radius 3 is 2.92 bits per heavy atom. The van der Waals surface area contributed by atoms with Crippen molar-refractivity contribution in [3.8, 4) is 11.5 Å². The second kappa shape index (κ2) is 5.88. The number of amides is 1. The van der Waals surface area contributed by atoms with Gasteiger partial charge in [0.25, 0.3) is 5.91 Å². The third kappa shape index (κ3) is 2.56. The molecule has 2 heterocycles. The maximum absolute atomic E-state index is 12.6. The van der Waals surface area contributed by atoms with Crippen LogP contribution in [0.25, 0.3) is 10.9 Å². The Balaban J connectivity index is 1.56. The van der Waals surface area contributed by atoms with Crippen molar-refractivity contribution in [2.24, 2.45) is 0 Å². The number of fused-ring (bicyclic) bond motifs is 2. The van der Waals surface area contributed by atoms with Crippen LogP contribution < -0.4 is 14.8 Å².